The van der Waals surface area contributed by atoms with Gasteiger partial charge in [0.15, 0.2) is 4.32 Å². The van der Waals surface area contributed by atoms with Crippen LogP contribution >= 0.6 is 24.0 Å². The second kappa shape index (κ2) is 9.97. The number of amides is 1. The highest BCUT2D eigenvalue weighted by molar-refractivity contribution is 8.27. The SMILES string of the molecule is Cc1c(N2C(=O)C(=Cc3c(N4CCCCC4)nc4ccccn4c3=O)SC2=S)c(=O)n(-c2ccccc2)n1C. The first kappa shape index (κ1) is 25.3. The van der Waals surface area contributed by atoms with Crippen molar-refractivity contribution in [3.8, 4) is 5.69 Å². The molecule has 3 aromatic heterocycles. The van der Waals surface area contributed by atoms with Gasteiger partial charge in [-0.2, -0.15) is 0 Å². The zero-order valence-corrected chi connectivity index (χ0v) is 23.2. The molecule has 0 N–H and O–H groups in total. The Hall–Kier alpha value is -3.96. The maximum absolute atomic E-state index is 13.8. The first-order valence-corrected chi connectivity index (χ1v) is 14.0. The Morgan fingerprint density at radius 2 is 1.67 bits per heavy atom. The van der Waals surface area contributed by atoms with Gasteiger partial charge in [0, 0.05) is 26.3 Å². The van der Waals surface area contributed by atoms with E-state index in [9.17, 15) is 14.4 Å². The highest BCUT2D eigenvalue weighted by Gasteiger charge is 2.38. The number of benzene rings is 1. The quantitative estimate of drug-likeness (QED) is 0.278. The number of thioether (sulfide) groups is 1. The summed E-state index contributed by atoms with van der Waals surface area (Å²) in [5.74, 6) is 0.136. The van der Waals surface area contributed by atoms with Crippen LogP contribution in [0.5, 0.6) is 0 Å². The highest BCUT2D eigenvalue weighted by atomic mass is 32.2. The molecule has 11 heteroatoms. The van der Waals surface area contributed by atoms with Gasteiger partial charge >= 0.3 is 0 Å². The Morgan fingerprint density at radius 3 is 2.41 bits per heavy atom. The molecule has 0 aliphatic carbocycles. The number of piperidine rings is 1. The van der Waals surface area contributed by atoms with Crippen LogP contribution in [0.15, 0.2) is 69.2 Å². The first-order valence-electron chi connectivity index (χ1n) is 12.7. The summed E-state index contributed by atoms with van der Waals surface area (Å²) in [7, 11) is 1.77. The summed E-state index contributed by atoms with van der Waals surface area (Å²) in [6.45, 7) is 3.37. The Balaban J connectivity index is 1.47. The van der Waals surface area contributed by atoms with Gasteiger partial charge in [0.1, 0.15) is 17.2 Å². The molecule has 4 aromatic rings. The van der Waals surface area contributed by atoms with Crippen LogP contribution in [0, 0.1) is 6.92 Å². The van der Waals surface area contributed by atoms with Crippen molar-refractivity contribution in [2.24, 2.45) is 7.05 Å². The zero-order chi connectivity index (χ0) is 27.3. The largest absolute Gasteiger partial charge is 0.356 e. The number of aromatic nitrogens is 4. The number of fused-ring (bicyclic) bond motifs is 1. The number of rotatable bonds is 4. The van der Waals surface area contributed by atoms with Crippen LogP contribution in [0.4, 0.5) is 11.5 Å². The molecule has 2 aliphatic heterocycles. The Labute approximate surface area is 234 Å². The average molecular weight is 559 g/mol. The highest BCUT2D eigenvalue weighted by Crippen LogP contribution is 2.37. The van der Waals surface area contributed by atoms with Crippen LogP contribution in [0.3, 0.4) is 0 Å². The standard InChI is InChI=1S/C28H26N6O3S2/c1-18-23(27(37)34(30(18)2)19-11-5-3-6-12-19)33-26(36)21(39-28(33)38)17-20-24(31-14-8-4-9-15-31)29-22-13-7-10-16-32(22)25(20)35/h3,5-7,10-13,16-17H,4,8-9,14-15H2,1-2H3. The topological polar surface area (TPSA) is 84.9 Å². The van der Waals surface area contributed by atoms with Gasteiger partial charge in [-0.05, 0) is 56.5 Å². The van der Waals surface area contributed by atoms with Crippen LogP contribution in [-0.2, 0) is 11.8 Å². The minimum absolute atomic E-state index is 0.205. The van der Waals surface area contributed by atoms with Crippen LogP contribution in [-0.4, -0.2) is 42.1 Å². The molecular weight excluding hydrogens is 532 g/mol. The summed E-state index contributed by atoms with van der Waals surface area (Å²) in [4.78, 5) is 49.6. The van der Waals surface area contributed by atoms with Crippen molar-refractivity contribution in [1.29, 1.82) is 0 Å². The molecule has 2 fully saturated rings. The van der Waals surface area contributed by atoms with Crippen molar-refractivity contribution < 1.29 is 4.79 Å². The Bertz CT molecular complexity index is 1780. The van der Waals surface area contributed by atoms with Crippen LogP contribution in [0.25, 0.3) is 17.4 Å². The molecule has 0 bridgehead atoms. The monoisotopic (exact) mass is 558 g/mol. The van der Waals surface area contributed by atoms with E-state index in [0.29, 0.717) is 28.4 Å². The summed E-state index contributed by atoms with van der Waals surface area (Å²) in [6, 6.07) is 14.7. The lowest BCUT2D eigenvalue weighted by Crippen LogP contribution is -2.34. The summed E-state index contributed by atoms with van der Waals surface area (Å²) >= 11 is 6.70. The summed E-state index contributed by atoms with van der Waals surface area (Å²) in [6.07, 6.45) is 6.42. The summed E-state index contributed by atoms with van der Waals surface area (Å²) in [5, 5.41) is 0. The molecule has 0 radical (unpaired) electrons. The van der Waals surface area contributed by atoms with Crippen molar-refractivity contribution in [3.05, 3.63) is 91.6 Å². The van der Waals surface area contributed by atoms with E-state index >= 15 is 0 Å². The van der Waals surface area contributed by atoms with E-state index in [1.807, 2.05) is 36.4 Å². The Morgan fingerprint density at radius 1 is 0.949 bits per heavy atom. The molecule has 0 unspecified atom stereocenters. The van der Waals surface area contributed by atoms with Gasteiger partial charge in [-0.1, -0.05) is 48.2 Å². The van der Waals surface area contributed by atoms with Crippen LogP contribution in [0.2, 0.25) is 0 Å². The van der Waals surface area contributed by atoms with Crippen molar-refractivity contribution in [2.75, 3.05) is 22.9 Å². The lowest BCUT2D eigenvalue weighted by atomic mass is 10.1. The third-order valence-corrected chi connectivity index (χ3v) is 8.52. The second-order valence-electron chi connectivity index (χ2n) is 9.56. The van der Waals surface area contributed by atoms with Gasteiger partial charge in [0.25, 0.3) is 17.0 Å². The second-order valence-corrected chi connectivity index (χ2v) is 11.2. The normalized spacial score (nSPS) is 17.1. The molecule has 1 amide bonds. The third kappa shape index (κ3) is 4.22. The van der Waals surface area contributed by atoms with Gasteiger partial charge in [0.2, 0.25) is 0 Å². The molecule has 5 heterocycles. The molecule has 0 saturated carbocycles. The Kier molecular flexibility index (Phi) is 6.48. The van der Waals surface area contributed by atoms with Gasteiger partial charge in [-0.3, -0.25) is 28.4 Å². The molecule has 9 nitrogen and oxygen atoms in total. The third-order valence-electron chi connectivity index (χ3n) is 7.22. The fourth-order valence-electron chi connectivity index (χ4n) is 5.17. The molecule has 2 saturated heterocycles. The van der Waals surface area contributed by atoms with Crippen molar-refractivity contribution in [1.82, 2.24) is 18.7 Å². The molecule has 0 spiro atoms. The number of nitrogens with zero attached hydrogens (tertiary/aromatic N) is 6. The predicted octanol–water partition coefficient (Wildman–Crippen LogP) is 3.89. The number of para-hydroxylation sites is 1. The van der Waals surface area contributed by atoms with Crippen molar-refractivity contribution >= 4 is 57.4 Å². The summed E-state index contributed by atoms with van der Waals surface area (Å²) in [5.41, 5.74) is 1.78. The van der Waals surface area contributed by atoms with E-state index in [4.69, 9.17) is 17.2 Å². The van der Waals surface area contributed by atoms with E-state index in [2.05, 4.69) is 4.90 Å². The number of carbonyl (C=O) groups excluding carboxylic acids is 1. The van der Waals surface area contributed by atoms with Gasteiger partial charge in [-0.25, -0.2) is 9.67 Å². The predicted molar refractivity (Wildman–Crippen MR) is 159 cm³/mol. The lowest BCUT2D eigenvalue weighted by Gasteiger charge is -2.29. The van der Waals surface area contributed by atoms with E-state index in [1.165, 1.54) is 14.0 Å². The van der Waals surface area contributed by atoms with E-state index < -0.39 is 5.91 Å². The fourth-order valence-corrected chi connectivity index (χ4v) is 6.42. The van der Waals surface area contributed by atoms with Gasteiger partial charge in [-0.15, -0.1) is 0 Å². The van der Waals surface area contributed by atoms with Crippen LogP contribution < -0.4 is 20.9 Å². The molecule has 39 heavy (non-hydrogen) atoms. The lowest BCUT2D eigenvalue weighted by molar-refractivity contribution is -0.113. The fraction of sp³-hybridized carbons (Fsp3) is 0.250. The average Bonchev–Trinajstić information content (AvgIpc) is 3.35. The maximum atomic E-state index is 13.8. The van der Waals surface area contributed by atoms with Crippen LogP contribution in [0.1, 0.15) is 30.5 Å². The maximum Gasteiger partial charge on any atom is 0.296 e. The minimum atomic E-state index is -0.432. The molecule has 198 valence electrons. The molecular formula is C28H26N6O3S2. The number of thiocarbonyl (C=S) groups is 1. The molecule has 1 aromatic carbocycles. The first-order chi connectivity index (χ1) is 18.9. The minimum Gasteiger partial charge on any atom is -0.356 e. The smallest absolute Gasteiger partial charge is 0.296 e. The van der Waals surface area contributed by atoms with Gasteiger partial charge < -0.3 is 4.90 Å². The summed E-state index contributed by atoms with van der Waals surface area (Å²) < 4.78 is 4.95. The number of hydrogen-bond donors (Lipinski definition) is 0. The molecule has 0 atom stereocenters. The van der Waals surface area contributed by atoms with E-state index in [1.54, 1.807) is 43.1 Å². The zero-order valence-electron chi connectivity index (χ0n) is 21.5. The van der Waals surface area contributed by atoms with Crippen molar-refractivity contribution in [3.63, 3.8) is 0 Å². The molecule has 6 rings (SSSR count). The van der Waals surface area contributed by atoms with E-state index in [-0.39, 0.29) is 26.0 Å². The number of pyridine rings is 1. The number of anilines is 2. The van der Waals surface area contributed by atoms with E-state index in [0.717, 1.165) is 44.1 Å². The van der Waals surface area contributed by atoms with Crippen molar-refractivity contribution in [2.45, 2.75) is 26.2 Å². The molecule has 2 aliphatic rings. The number of hydrogen-bond acceptors (Lipinski definition) is 7. The number of carbonyl (C=O) groups is 1. The van der Waals surface area contributed by atoms with Gasteiger partial charge in [0.05, 0.1) is 21.8 Å².